The minimum atomic E-state index is -1.10. The third kappa shape index (κ3) is 7.29. The summed E-state index contributed by atoms with van der Waals surface area (Å²) < 4.78 is 5.27. The van der Waals surface area contributed by atoms with E-state index in [0.717, 1.165) is 55.4 Å². The number of ether oxygens (including phenoxy) is 1. The van der Waals surface area contributed by atoms with E-state index in [4.69, 9.17) is 4.74 Å². The Bertz CT molecular complexity index is 1640. The number of rotatable bonds is 10. The molecule has 0 saturated carbocycles. The van der Waals surface area contributed by atoms with Crippen molar-refractivity contribution in [3.8, 4) is 11.3 Å². The molecule has 0 unspecified atom stereocenters. The number of aryl methyl sites for hydroxylation is 1. The van der Waals surface area contributed by atoms with Gasteiger partial charge in [0.15, 0.2) is 0 Å². The zero-order valence-electron chi connectivity index (χ0n) is 24.3. The number of nitrogens with one attached hydrogen (secondary N) is 2. The van der Waals surface area contributed by atoms with Crippen molar-refractivity contribution in [1.29, 1.82) is 0 Å². The topological polar surface area (TPSA) is 164 Å². The van der Waals surface area contributed by atoms with Gasteiger partial charge >= 0.3 is 11.9 Å². The largest absolute Gasteiger partial charge is 0.478 e. The van der Waals surface area contributed by atoms with Crippen molar-refractivity contribution in [1.82, 2.24) is 25.6 Å². The Morgan fingerprint density at radius 2 is 1.95 bits per heavy atom. The maximum atomic E-state index is 12.9. The Morgan fingerprint density at radius 3 is 2.66 bits per heavy atom. The summed E-state index contributed by atoms with van der Waals surface area (Å²) in [6, 6.07) is 8.36. The SMILES string of the molecule is CCOC(=O)c1cc(CNCC2CCN(c3nccc(/C=C4/SC(=O)NC4=O)n3)CC2)cnc1-c1cc(C)ccc1C(=O)O. The molecule has 0 atom stereocenters. The maximum Gasteiger partial charge on any atom is 0.340 e. The van der Waals surface area contributed by atoms with Crippen LogP contribution in [0.25, 0.3) is 17.3 Å². The molecule has 2 aromatic heterocycles. The standard InChI is InChI=1S/C31H32N6O6S/c1-3-43-29(41)24-13-20(17-34-26(24)23-12-18(2)4-5-22(23)28(39)40)16-32-15-19-7-10-37(11-8-19)30-33-9-6-21(35-30)14-25-27(38)36-31(42)44-25/h4-6,9,12-14,17,19,32H,3,7-8,10-11,15-16H2,1-2H3,(H,39,40)(H,36,38,42)/b25-14+. The highest BCUT2D eigenvalue weighted by Gasteiger charge is 2.26. The zero-order chi connectivity index (χ0) is 31.2. The first-order chi connectivity index (χ1) is 21.2. The average molecular weight is 617 g/mol. The van der Waals surface area contributed by atoms with E-state index in [1.165, 1.54) is 6.07 Å². The van der Waals surface area contributed by atoms with Gasteiger partial charge in [0.25, 0.3) is 11.1 Å². The lowest BCUT2D eigenvalue weighted by molar-refractivity contribution is -0.115. The van der Waals surface area contributed by atoms with Crippen LogP contribution in [0.1, 0.15) is 57.3 Å². The number of carboxylic acids is 1. The molecule has 12 nitrogen and oxygen atoms in total. The highest BCUT2D eigenvalue weighted by molar-refractivity contribution is 8.18. The van der Waals surface area contributed by atoms with Crippen LogP contribution in [0.4, 0.5) is 10.7 Å². The van der Waals surface area contributed by atoms with Gasteiger partial charge in [0.1, 0.15) is 0 Å². The van der Waals surface area contributed by atoms with Crippen LogP contribution >= 0.6 is 11.8 Å². The van der Waals surface area contributed by atoms with Crippen LogP contribution in [0, 0.1) is 12.8 Å². The van der Waals surface area contributed by atoms with Gasteiger partial charge < -0.3 is 20.1 Å². The van der Waals surface area contributed by atoms with E-state index in [0.29, 0.717) is 34.6 Å². The van der Waals surface area contributed by atoms with Gasteiger partial charge in [-0.1, -0.05) is 11.6 Å². The summed E-state index contributed by atoms with van der Waals surface area (Å²) in [6.07, 6.45) is 6.74. The van der Waals surface area contributed by atoms with Crippen molar-refractivity contribution in [2.75, 3.05) is 31.1 Å². The number of hydrogen-bond acceptors (Lipinski definition) is 11. The number of carbonyl (C=O) groups excluding carboxylic acids is 3. The van der Waals surface area contributed by atoms with Gasteiger partial charge in [-0.05, 0) is 86.8 Å². The summed E-state index contributed by atoms with van der Waals surface area (Å²) in [4.78, 5) is 64.0. The van der Waals surface area contributed by atoms with Crippen LogP contribution in [0.5, 0.6) is 0 Å². The summed E-state index contributed by atoms with van der Waals surface area (Å²) in [5.41, 5.74) is 3.15. The molecule has 44 heavy (non-hydrogen) atoms. The third-order valence-electron chi connectivity index (χ3n) is 7.35. The third-order valence-corrected chi connectivity index (χ3v) is 8.16. The van der Waals surface area contributed by atoms with Gasteiger partial charge in [-0.25, -0.2) is 19.6 Å². The monoisotopic (exact) mass is 616 g/mol. The summed E-state index contributed by atoms with van der Waals surface area (Å²) in [6.45, 7) is 6.54. The molecule has 3 aromatic rings. The number of imide groups is 1. The lowest BCUT2D eigenvalue weighted by atomic mass is 9.96. The first kappa shape index (κ1) is 30.8. The molecule has 2 fully saturated rings. The van der Waals surface area contributed by atoms with Crippen LogP contribution in [0.3, 0.4) is 0 Å². The second kappa shape index (κ2) is 13.8. The van der Waals surface area contributed by atoms with Gasteiger partial charge in [-0.15, -0.1) is 0 Å². The van der Waals surface area contributed by atoms with Crippen molar-refractivity contribution in [3.05, 3.63) is 75.6 Å². The number of thioether (sulfide) groups is 1. The van der Waals surface area contributed by atoms with Crippen LogP contribution in [0.2, 0.25) is 0 Å². The number of pyridine rings is 1. The molecule has 0 radical (unpaired) electrons. The predicted octanol–water partition coefficient (Wildman–Crippen LogP) is 4.05. The number of anilines is 1. The predicted molar refractivity (Wildman–Crippen MR) is 165 cm³/mol. The van der Waals surface area contributed by atoms with Gasteiger partial charge in [0.2, 0.25) is 5.95 Å². The highest BCUT2D eigenvalue weighted by atomic mass is 32.2. The number of amides is 2. The minimum Gasteiger partial charge on any atom is -0.478 e. The average Bonchev–Trinajstić information content (AvgIpc) is 3.33. The molecule has 2 saturated heterocycles. The molecule has 228 valence electrons. The molecule has 3 N–H and O–H groups in total. The van der Waals surface area contributed by atoms with E-state index in [2.05, 4.69) is 30.5 Å². The van der Waals surface area contributed by atoms with E-state index < -0.39 is 23.1 Å². The molecule has 0 spiro atoms. The number of carbonyl (C=O) groups is 4. The first-order valence-electron chi connectivity index (χ1n) is 14.3. The molecule has 1 aromatic carbocycles. The number of aromatic carboxylic acids is 1. The van der Waals surface area contributed by atoms with E-state index in [9.17, 15) is 24.3 Å². The fourth-order valence-electron chi connectivity index (χ4n) is 5.13. The smallest absolute Gasteiger partial charge is 0.340 e. The van der Waals surface area contributed by atoms with Gasteiger partial charge in [0, 0.05) is 37.6 Å². The number of benzene rings is 1. The fourth-order valence-corrected chi connectivity index (χ4v) is 5.80. The fraction of sp³-hybridized carbons (Fsp3) is 0.323. The van der Waals surface area contributed by atoms with Crippen molar-refractivity contribution in [2.24, 2.45) is 5.92 Å². The molecule has 2 amide bonds. The summed E-state index contributed by atoms with van der Waals surface area (Å²) in [5.74, 6) is -1.07. The first-order valence-corrected chi connectivity index (χ1v) is 15.1. The lowest BCUT2D eigenvalue weighted by Gasteiger charge is -2.32. The summed E-state index contributed by atoms with van der Waals surface area (Å²) >= 11 is 0.854. The molecule has 5 rings (SSSR count). The molecular formula is C31H32N6O6S. The molecule has 2 aliphatic rings. The number of piperidine rings is 1. The second-order valence-electron chi connectivity index (χ2n) is 10.5. The Hall–Kier alpha value is -4.62. The van der Waals surface area contributed by atoms with Gasteiger partial charge in [0.05, 0.1) is 34.0 Å². The van der Waals surface area contributed by atoms with E-state index in [1.807, 2.05) is 6.92 Å². The number of aromatic nitrogens is 3. The van der Waals surface area contributed by atoms with E-state index in [1.54, 1.807) is 49.7 Å². The van der Waals surface area contributed by atoms with E-state index in [-0.39, 0.29) is 23.4 Å². The molecule has 2 aliphatic heterocycles. The van der Waals surface area contributed by atoms with Crippen LogP contribution in [-0.2, 0) is 16.1 Å². The van der Waals surface area contributed by atoms with Crippen molar-refractivity contribution < 1.29 is 29.0 Å². The maximum absolute atomic E-state index is 12.9. The number of hydrogen-bond donors (Lipinski definition) is 3. The molecule has 13 heteroatoms. The van der Waals surface area contributed by atoms with Crippen LogP contribution in [0.15, 0.2) is 47.6 Å². The van der Waals surface area contributed by atoms with Crippen molar-refractivity contribution in [3.63, 3.8) is 0 Å². The normalized spacial score (nSPS) is 16.3. The van der Waals surface area contributed by atoms with Gasteiger partial charge in [-0.2, -0.15) is 0 Å². The van der Waals surface area contributed by atoms with Crippen molar-refractivity contribution in [2.45, 2.75) is 33.2 Å². The number of nitrogens with zero attached hydrogens (tertiary/aromatic N) is 4. The Balaban J connectivity index is 1.20. The number of carboxylic acid groups (broad SMARTS) is 1. The molecule has 0 bridgehead atoms. The molecular weight excluding hydrogens is 584 g/mol. The zero-order valence-corrected chi connectivity index (χ0v) is 25.1. The molecule has 4 heterocycles. The van der Waals surface area contributed by atoms with Crippen LogP contribution in [-0.4, -0.2) is 69.4 Å². The van der Waals surface area contributed by atoms with Crippen molar-refractivity contribution >= 4 is 46.9 Å². The summed E-state index contributed by atoms with van der Waals surface area (Å²) in [7, 11) is 0. The number of esters is 1. The van der Waals surface area contributed by atoms with E-state index >= 15 is 0 Å². The Morgan fingerprint density at radius 1 is 1.16 bits per heavy atom. The van der Waals surface area contributed by atoms with Crippen LogP contribution < -0.4 is 15.5 Å². The second-order valence-corrected chi connectivity index (χ2v) is 11.5. The Kier molecular flexibility index (Phi) is 9.65. The minimum absolute atomic E-state index is 0.0664. The Labute approximate surface area is 258 Å². The summed E-state index contributed by atoms with van der Waals surface area (Å²) in [5, 5.41) is 15.0. The molecule has 0 aliphatic carbocycles. The van der Waals surface area contributed by atoms with Gasteiger partial charge in [-0.3, -0.25) is 19.9 Å². The quantitative estimate of drug-likeness (QED) is 0.221. The highest BCUT2D eigenvalue weighted by Crippen LogP contribution is 2.29. The lowest BCUT2D eigenvalue weighted by Crippen LogP contribution is -2.38.